The Morgan fingerprint density at radius 2 is 1.93 bits per heavy atom. The first-order chi connectivity index (χ1) is 13.5. The van der Waals surface area contributed by atoms with Crippen LogP contribution in [0, 0.1) is 0 Å². The fraction of sp³-hybridized carbons (Fsp3) is 0.238. The van der Waals surface area contributed by atoms with Gasteiger partial charge in [0.15, 0.2) is 0 Å². The number of hydrogen-bond acceptors (Lipinski definition) is 5. The molecule has 0 radical (unpaired) electrons. The summed E-state index contributed by atoms with van der Waals surface area (Å²) in [4.78, 5) is 16.9. The summed E-state index contributed by atoms with van der Waals surface area (Å²) in [6.45, 7) is 1.46. The maximum atomic E-state index is 11.7. The van der Waals surface area contributed by atoms with E-state index in [0.29, 0.717) is 16.9 Å². The van der Waals surface area contributed by atoms with Crippen LogP contribution in [0.5, 0.6) is 11.8 Å². The number of carbonyl (C=O) groups is 1. The minimum Gasteiger partial charge on any atom is -0.494 e. The molecular formula is C21H19N3O3S. The molecule has 28 heavy (non-hydrogen) atoms. The zero-order chi connectivity index (χ0) is 19.6. The number of amides is 1. The lowest BCUT2D eigenvalue weighted by Gasteiger charge is -2.18. The molecule has 2 bridgehead atoms. The minimum atomic E-state index is -0.181. The third-order valence-electron chi connectivity index (χ3n) is 5.60. The summed E-state index contributed by atoms with van der Waals surface area (Å²) in [5, 5.41) is 25.7. The number of anilines is 1. The summed E-state index contributed by atoms with van der Waals surface area (Å²) in [5.74, 6) is 0.273. The summed E-state index contributed by atoms with van der Waals surface area (Å²) in [5.41, 5.74) is 3.53. The van der Waals surface area contributed by atoms with Crippen molar-refractivity contribution in [3.8, 4) is 17.4 Å². The van der Waals surface area contributed by atoms with Crippen molar-refractivity contribution in [3.05, 3.63) is 47.7 Å². The fourth-order valence-electron chi connectivity index (χ4n) is 4.53. The van der Waals surface area contributed by atoms with Crippen molar-refractivity contribution < 1.29 is 15.0 Å². The average Bonchev–Trinajstić information content (AvgIpc) is 3.36. The van der Waals surface area contributed by atoms with E-state index in [1.165, 1.54) is 23.3 Å². The van der Waals surface area contributed by atoms with E-state index in [0.717, 1.165) is 27.8 Å². The van der Waals surface area contributed by atoms with Crippen molar-refractivity contribution in [2.75, 3.05) is 11.6 Å². The number of benzene rings is 1. The van der Waals surface area contributed by atoms with Gasteiger partial charge in [-0.25, -0.2) is 4.57 Å². The van der Waals surface area contributed by atoms with Crippen LogP contribution < -0.4 is 5.32 Å². The van der Waals surface area contributed by atoms with Gasteiger partial charge in [0.05, 0.1) is 16.9 Å². The molecule has 2 aromatic heterocycles. The van der Waals surface area contributed by atoms with Gasteiger partial charge in [-0.1, -0.05) is 12.2 Å². The summed E-state index contributed by atoms with van der Waals surface area (Å²) in [7, 11) is 0. The molecule has 2 aliphatic carbocycles. The van der Waals surface area contributed by atoms with Crippen LogP contribution >= 0.6 is 11.8 Å². The molecule has 0 unspecified atom stereocenters. The molecule has 2 atom stereocenters. The predicted molar refractivity (Wildman–Crippen MR) is 110 cm³/mol. The van der Waals surface area contributed by atoms with Crippen LogP contribution in [0.3, 0.4) is 0 Å². The van der Waals surface area contributed by atoms with Gasteiger partial charge in [0, 0.05) is 46.4 Å². The van der Waals surface area contributed by atoms with Crippen LogP contribution in [0.25, 0.3) is 16.6 Å². The van der Waals surface area contributed by atoms with Gasteiger partial charge >= 0.3 is 0 Å². The quantitative estimate of drug-likeness (QED) is 0.457. The first kappa shape index (κ1) is 17.2. The van der Waals surface area contributed by atoms with E-state index in [2.05, 4.69) is 22.5 Å². The summed E-state index contributed by atoms with van der Waals surface area (Å²) in [6.07, 6.45) is 8.70. The number of rotatable bonds is 3. The van der Waals surface area contributed by atoms with Crippen LogP contribution in [0.15, 0.2) is 41.4 Å². The van der Waals surface area contributed by atoms with Crippen molar-refractivity contribution >= 4 is 34.3 Å². The second-order valence-electron chi connectivity index (χ2n) is 7.20. The SMILES string of the molecule is CSc1cc(NC(C)=O)c2ncccc2c1-n1c(O)c2c(c1O)[C@H]1C=C[C@@H]2C1. The first-order valence-electron chi connectivity index (χ1n) is 9.09. The van der Waals surface area contributed by atoms with Crippen molar-refractivity contribution in [1.82, 2.24) is 9.55 Å². The molecule has 3 aromatic rings. The zero-order valence-electron chi connectivity index (χ0n) is 15.4. The number of aromatic hydroxyl groups is 2. The normalized spacial score (nSPS) is 19.4. The smallest absolute Gasteiger partial charge is 0.221 e. The molecule has 3 N–H and O–H groups in total. The Hall–Kier alpha value is -2.93. The Kier molecular flexibility index (Phi) is 3.71. The number of nitrogens with zero attached hydrogens (tertiary/aromatic N) is 2. The summed E-state index contributed by atoms with van der Waals surface area (Å²) >= 11 is 1.48. The molecule has 142 valence electrons. The molecule has 5 rings (SSSR count). The van der Waals surface area contributed by atoms with Crippen LogP contribution in [-0.4, -0.2) is 31.9 Å². The highest BCUT2D eigenvalue weighted by Crippen LogP contribution is 2.58. The number of aromatic nitrogens is 2. The van der Waals surface area contributed by atoms with Gasteiger partial charge < -0.3 is 15.5 Å². The molecular weight excluding hydrogens is 374 g/mol. The lowest BCUT2D eigenvalue weighted by atomic mass is 10.0. The fourth-order valence-corrected chi connectivity index (χ4v) is 5.17. The Balaban J connectivity index is 1.83. The number of hydrogen-bond donors (Lipinski definition) is 3. The number of carbonyl (C=O) groups excluding carboxylic acids is 1. The van der Waals surface area contributed by atoms with Crippen molar-refractivity contribution in [2.24, 2.45) is 0 Å². The minimum absolute atomic E-state index is 0.0806. The highest BCUT2D eigenvalue weighted by molar-refractivity contribution is 7.98. The third kappa shape index (κ3) is 2.22. The van der Waals surface area contributed by atoms with Gasteiger partial charge in [0.25, 0.3) is 0 Å². The maximum absolute atomic E-state index is 11.7. The first-order valence-corrected chi connectivity index (χ1v) is 10.3. The van der Waals surface area contributed by atoms with E-state index < -0.39 is 0 Å². The number of fused-ring (bicyclic) bond motifs is 6. The predicted octanol–water partition coefficient (Wildman–Crippen LogP) is 4.26. The molecule has 0 fully saturated rings. The van der Waals surface area contributed by atoms with Gasteiger partial charge in [0.2, 0.25) is 17.7 Å². The molecule has 2 heterocycles. The highest BCUT2D eigenvalue weighted by atomic mass is 32.2. The highest BCUT2D eigenvalue weighted by Gasteiger charge is 2.41. The number of thioether (sulfide) groups is 1. The number of allylic oxidation sites excluding steroid dienone is 2. The van der Waals surface area contributed by atoms with E-state index in [1.807, 2.05) is 24.5 Å². The van der Waals surface area contributed by atoms with Crippen LogP contribution in [0.4, 0.5) is 5.69 Å². The van der Waals surface area contributed by atoms with E-state index >= 15 is 0 Å². The molecule has 7 heteroatoms. The zero-order valence-corrected chi connectivity index (χ0v) is 16.2. The van der Waals surface area contributed by atoms with Crippen molar-refractivity contribution in [2.45, 2.75) is 30.1 Å². The van der Waals surface area contributed by atoms with Crippen molar-refractivity contribution in [3.63, 3.8) is 0 Å². The average molecular weight is 393 g/mol. The van der Waals surface area contributed by atoms with E-state index in [1.54, 1.807) is 6.20 Å². The molecule has 0 saturated heterocycles. The lowest BCUT2D eigenvalue weighted by molar-refractivity contribution is -0.114. The van der Waals surface area contributed by atoms with Crippen molar-refractivity contribution in [1.29, 1.82) is 0 Å². The second-order valence-corrected chi connectivity index (χ2v) is 8.05. The number of pyridine rings is 1. The van der Waals surface area contributed by atoms with E-state index in [-0.39, 0.29) is 29.5 Å². The van der Waals surface area contributed by atoms with Gasteiger partial charge in [-0.15, -0.1) is 11.8 Å². The lowest BCUT2D eigenvalue weighted by Crippen LogP contribution is -2.08. The Morgan fingerprint density at radius 3 is 2.54 bits per heavy atom. The van der Waals surface area contributed by atoms with E-state index in [9.17, 15) is 15.0 Å². The molecule has 1 amide bonds. The van der Waals surface area contributed by atoms with Crippen LogP contribution in [0.2, 0.25) is 0 Å². The number of nitrogens with one attached hydrogen (secondary N) is 1. The van der Waals surface area contributed by atoms with Gasteiger partial charge in [-0.3, -0.25) is 9.78 Å². The molecule has 0 spiro atoms. The molecule has 1 aromatic carbocycles. The largest absolute Gasteiger partial charge is 0.494 e. The van der Waals surface area contributed by atoms with Gasteiger partial charge in [-0.2, -0.15) is 0 Å². The molecule has 0 aliphatic heterocycles. The third-order valence-corrected chi connectivity index (χ3v) is 6.35. The standard InChI is InChI=1S/C21H19N3O3S/c1-10(25)23-14-9-15(28-2)19(13-4-3-7-22-18(13)14)24-20(26)16-11-5-6-12(8-11)17(16)21(24)27/h3-7,9,11-12,26-27H,8H2,1-2H3,(H,23,25)/t11-,12+. The van der Waals surface area contributed by atoms with Crippen LogP contribution in [-0.2, 0) is 4.79 Å². The molecule has 0 saturated carbocycles. The van der Waals surface area contributed by atoms with E-state index in [4.69, 9.17) is 0 Å². The molecule has 6 nitrogen and oxygen atoms in total. The second kappa shape index (κ2) is 6.04. The topological polar surface area (TPSA) is 87.4 Å². The summed E-state index contributed by atoms with van der Waals surface area (Å²) in [6, 6.07) is 5.54. The Bertz CT molecular complexity index is 1150. The van der Waals surface area contributed by atoms with Crippen LogP contribution in [0.1, 0.15) is 36.3 Å². The summed E-state index contributed by atoms with van der Waals surface area (Å²) < 4.78 is 1.53. The monoisotopic (exact) mass is 393 g/mol. The molecule has 2 aliphatic rings. The van der Waals surface area contributed by atoms with Gasteiger partial charge in [0.1, 0.15) is 0 Å². The Morgan fingerprint density at radius 1 is 1.25 bits per heavy atom. The van der Waals surface area contributed by atoms with Gasteiger partial charge in [-0.05, 0) is 30.9 Å². The Labute approximate surface area is 165 Å². The maximum Gasteiger partial charge on any atom is 0.221 e.